The molecule has 14 heavy (non-hydrogen) atoms. The van der Waals surface area contributed by atoms with E-state index >= 15 is 0 Å². The monoisotopic (exact) mass is 320 g/mol. The SMILES string of the molecule is O=C(O)c1sc2c(I)cccc2c1O. The highest BCUT2D eigenvalue weighted by Gasteiger charge is 2.17. The average molecular weight is 320 g/mol. The Balaban J connectivity index is 2.86. The van der Waals surface area contributed by atoms with Crippen molar-refractivity contribution in [2.75, 3.05) is 0 Å². The first kappa shape index (κ1) is 9.72. The number of benzene rings is 1. The van der Waals surface area contributed by atoms with Crippen LogP contribution in [0.15, 0.2) is 18.2 Å². The van der Waals surface area contributed by atoms with Crippen LogP contribution in [0.4, 0.5) is 0 Å². The van der Waals surface area contributed by atoms with Crippen LogP contribution in [0.1, 0.15) is 9.67 Å². The quantitative estimate of drug-likeness (QED) is 0.795. The van der Waals surface area contributed by atoms with E-state index in [9.17, 15) is 9.90 Å². The molecule has 0 unspecified atom stereocenters. The lowest BCUT2D eigenvalue weighted by Gasteiger charge is -1.92. The summed E-state index contributed by atoms with van der Waals surface area (Å²) >= 11 is 3.22. The first-order valence-corrected chi connectivity index (χ1v) is 5.64. The molecule has 0 saturated heterocycles. The average Bonchev–Trinajstić information content (AvgIpc) is 2.46. The number of fused-ring (bicyclic) bond motifs is 1. The summed E-state index contributed by atoms with van der Waals surface area (Å²) in [6, 6.07) is 5.39. The Morgan fingerprint density at radius 2 is 2.14 bits per heavy atom. The first-order chi connectivity index (χ1) is 6.61. The van der Waals surface area contributed by atoms with Gasteiger partial charge in [-0.3, -0.25) is 0 Å². The van der Waals surface area contributed by atoms with Crippen LogP contribution >= 0.6 is 33.9 Å². The van der Waals surface area contributed by atoms with E-state index in [1.54, 1.807) is 12.1 Å². The molecule has 1 heterocycles. The topological polar surface area (TPSA) is 57.5 Å². The smallest absolute Gasteiger partial charge is 0.349 e. The van der Waals surface area contributed by atoms with Gasteiger partial charge in [-0.25, -0.2) is 4.79 Å². The summed E-state index contributed by atoms with van der Waals surface area (Å²) in [4.78, 5) is 10.8. The van der Waals surface area contributed by atoms with E-state index in [1.807, 2.05) is 6.07 Å². The number of hydrogen-bond donors (Lipinski definition) is 2. The maximum absolute atomic E-state index is 10.8. The van der Waals surface area contributed by atoms with E-state index < -0.39 is 5.97 Å². The predicted molar refractivity (Wildman–Crippen MR) is 63.2 cm³/mol. The fourth-order valence-electron chi connectivity index (χ4n) is 1.22. The minimum atomic E-state index is -1.08. The lowest BCUT2D eigenvalue weighted by Crippen LogP contribution is -1.90. The molecular weight excluding hydrogens is 315 g/mol. The Bertz CT molecular complexity index is 518. The van der Waals surface area contributed by atoms with E-state index in [4.69, 9.17) is 5.11 Å². The van der Waals surface area contributed by atoms with Gasteiger partial charge in [-0.05, 0) is 34.7 Å². The van der Waals surface area contributed by atoms with Crippen molar-refractivity contribution in [1.82, 2.24) is 0 Å². The van der Waals surface area contributed by atoms with Crippen molar-refractivity contribution in [2.24, 2.45) is 0 Å². The molecule has 0 fully saturated rings. The molecule has 1 aromatic heterocycles. The zero-order valence-corrected chi connectivity index (χ0v) is 9.79. The number of hydrogen-bond acceptors (Lipinski definition) is 3. The Kier molecular flexibility index (Phi) is 2.36. The highest BCUT2D eigenvalue weighted by molar-refractivity contribution is 14.1. The van der Waals surface area contributed by atoms with E-state index in [0.717, 1.165) is 19.6 Å². The number of carboxylic acid groups (broad SMARTS) is 1. The summed E-state index contributed by atoms with van der Waals surface area (Å²) in [5, 5.41) is 19.0. The van der Waals surface area contributed by atoms with Gasteiger partial charge in [-0.15, -0.1) is 11.3 Å². The van der Waals surface area contributed by atoms with Crippen LogP contribution in [-0.4, -0.2) is 16.2 Å². The zero-order valence-electron chi connectivity index (χ0n) is 6.82. The van der Waals surface area contributed by atoms with Crippen LogP contribution in [0.5, 0.6) is 5.75 Å². The molecule has 0 bridgehead atoms. The normalized spacial score (nSPS) is 10.6. The molecule has 0 saturated carbocycles. The van der Waals surface area contributed by atoms with Crippen LogP contribution < -0.4 is 0 Å². The van der Waals surface area contributed by atoms with Crippen LogP contribution in [0, 0.1) is 3.57 Å². The second-order valence-corrected chi connectivity index (χ2v) is 4.88. The molecule has 2 aromatic rings. The number of carbonyl (C=O) groups is 1. The maximum Gasteiger partial charge on any atom is 0.349 e. The molecule has 1 aromatic carbocycles. The fraction of sp³-hybridized carbons (Fsp3) is 0. The van der Waals surface area contributed by atoms with E-state index in [1.165, 1.54) is 0 Å². The molecule has 0 spiro atoms. The number of aromatic carboxylic acids is 1. The summed E-state index contributed by atoms with van der Waals surface area (Å²) in [5.41, 5.74) is 0. The highest BCUT2D eigenvalue weighted by atomic mass is 127. The molecule has 0 aliphatic carbocycles. The van der Waals surface area contributed by atoms with Gasteiger partial charge in [-0.1, -0.05) is 6.07 Å². The third-order valence-corrected chi connectivity index (χ3v) is 4.32. The van der Waals surface area contributed by atoms with Gasteiger partial charge in [0.25, 0.3) is 0 Å². The third kappa shape index (κ3) is 1.36. The van der Waals surface area contributed by atoms with Gasteiger partial charge in [0.05, 0.1) is 4.70 Å². The van der Waals surface area contributed by atoms with Crippen molar-refractivity contribution in [3.05, 3.63) is 26.6 Å². The van der Waals surface area contributed by atoms with Crippen molar-refractivity contribution >= 4 is 50.0 Å². The van der Waals surface area contributed by atoms with Crippen molar-refractivity contribution in [2.45, 2.75) is 0 Å². The second-order valence-electron chi connectivity index (χ2n) is 2.70. The summed E-state index contributed by atoms with van der Waals surface area (Å²) < 4.78 is 1.77. The molecule has 72 valence electrons. The molecule has 0 atom stereocenters. The minimum Gasteiger partial charge on any atom is -0.505 e. The van der Waals surface area contributed by atoms with Crippen LogP contribution in [0.2, 0.25) is 0 Å². The van der Waals surface area contributed by atoms with Crippen molar-refractivity contribution in [3.63, 3.8) is 0 Å². The summed E-state index contributed by atoms with van der Waals surface area (Å²) in [5.74, 6) is -1.21. The summed E-state index contributed by atoms with van der Waals surface area (Å²) in [7, 11) is 0. The number of carboxylic acids is 1. The van der Waals surface area contributed by atoms with Gasteiger partial charge < -0.3 is 10.2 Å². The Hall–Kier alpha value is -0.820. The molecule has 2 rings (SSSR count). The minimum absolute atomic E-state index is 0.00381. The van der Waals surface area contributed by atoms with Gasteiger partial charge in [0.15, 0.2) is 4.88 Å². The Morgan fingerprint density at radius 3 is 2.71 bits per heavy atom. The summed E-state index contributed by atoms with van der Waals surface area (Å²) in [6.07, 6.45) is 0. The van der Waals surface area contributed by atoms with Crippen molar-refractivity contribution < 1.29 is 15.0 Å². The first-order valence-electron chi connectivity index (χ1n) is 3.74. The predicted octanol–water partition coefficient (Wildman–Crippen LogP) is 2.91. The Labute approximate surface area is 97.1 Å². The molecule has 0 aliphatic heterocycles. The number of rotatable bonds is 1. The number of halogens is 1. The fourth-order valence-corrected chi connectivity index (χ4v) is 2.98. The van der Waals surface area contributed by atoms with Gasteiger partial charge >= 0.3 is 5.97 Å². The maximum atomic E-state index is 10.8. The third-order valence-electron chi connectivity index (χ3n) is 1.84. The van der Waals surface area contributed by atoms with Crippen molar-refractivity contribution in [3.8, 4) is 5.75 Å². The molecule has 2 N–H and O–H groups in total. The van der Waals surface area contributed by atoms with Crippen LogP contribution in [-0.2, 0) is 0 Å². The van der Waals surface area contributed by atoms with Crippen molar-refractivity contribution in [1.29, 1.82) is 0 Å². The van der Waals surface area contributed by atoms with Gasteiger partial charge in [0.1, 0.15) is 5.75 Å². The zero-order chi connectivity index (χ0) is 10.3. The summed E-state index contributed by atoms with van der Waals surface area (Å²) in [6.45, 7) is 0. The Morgan fingerprint density at radius 1 is 1.43 bits per heavy atom. The molecule has 0 radical (unpaired) electrons. The van der Waals surface area contributed by atoms with E-state index in [-0.39, 0.29) is 10.6 Å². The largest absolute Gasteiger partial charge is 0.505 e. The van der Waals surface area contributed by atoms with E-state index in [0.29, 0.717) is 5.39 Å². The van der Waals surface area contributed by atoms with Crippen LogP contribution in [0.3, 0.4) is 0 Å². The molecule has 0 aliphatic rings. The van der Waals surface area contributed by atoms with Gasteiger partial charge in [-0.2, -0.15) is 0 Å². The molecule has 0 amide bonds. The standard InChI is InChI=1S/C9H5IO3S/c10-5-3-1-2-4-6(11)8(9(12)13)14-7(4)5/h1-3,11H,(H,12,13). The molecular formula is C9H5IO3S. The van der Waals surface area contributed by atoms with Crippen LogP contribution in [0.25, 0.3) is 10.1 Å². The number of thiophene rings is 1. The lowest BCUT2D eigenvalue weighted by molar-refractivity contribution is 0.0699. The molecule has 5 heteroatoms. The second kappa shape index (κ2) is 3.39. The lowest BCUT2D eigenvalue weighted by atomic mass is 10.2. The van der Waals surface area contributed by atoms with Gasteiger partial charge in [0, 0.05) is 8.96 Å². The van der Waals surface area contributed by atoms with Gasteiger partial charge in [0.2, 0.25) is 0 Å². The molecule has 3 nitrogen and oxygen atoms in total. The van der Waals surface area contributed by atoms with E-state index in [2.05, 4.69) is 22.6 Å². The number of aromatic hydroxyl groups is 1. The highest BCUT2D eigenvalue weighted by Crippen LogP contribution is 2.38.